The Morgan fingerprint density at radius 1 is 1.40 bits per heavy atom. The summed E-state index contributed by atoms with van der Waals surface area (Å²) < 4.78 is 5.37. The zero-order valence-corrected chi connectivity index (χ0v) is 10.4. The molecule has 0 saturated carbocycles. The molecular formula is C13H25NO. The van der Waals surface area contributed by atoms with Crippen molar-refractivity contribution < 1.29 is 4.74 Å². The normalized spacial score (nSPS) is 19.9. The van der Waals surface area contributed by atoms with E-state index >= 15 is 0 Å². The predicted molar refractivity (Wildman–Crippen MR) is 65.1 cm³/mol. The second kappa shape index (κ2) is 7.02. The van der Waals surface area contributed by atoms with E-state index in [0.717, 1.165) is 32.1 Å². The van der Waals surface area contributed by atoms with Crippen LogP contribution in [0.1, 0.15) is 40.0 Å². The zero-order valence-electron chi connectivity index (χ0n) is 10.4. The highest BCUT2D eigenvalue weighted by Crippen LogP contribution is 2.22. The molecule has 0 amide bonds. The van der Waals surface area contributed by atoms with E-state index < -0.39 is 0 Å². The van der Waals surface area contributed by atoms with E-state index in [4.69, 9.17) is 4.74 Å². The predicted octanol–water partition coefficient (Wildman–Crippen LogP) is 2.75. The van der Waals surface area contributed by atoms with Crippen LogP contribution in [-0.2, 0) is 4.74 Å². The van der Waals surface area contributed by atoms with Crippen LogP contribution in [-0.4, -0.2) is 25.8 Å². The molecule has 0 bridgehead atoms. The Balaban J connectivity index is 2.19. The monoisotopic (exact) mass is 211 g/mol. The fraction of sp³-hybridized carbons (Fsp3) is 0.846. The van der Waals surface area contributed by atoms with E-state index in [2.05, 4.69) is 32.2 Å². The topological polar surface area (TPSA) is 21.3 Å². The van der Waals surface area contributed by atoms with Gasteiger partial charge < -0.3 is 10.1 Å². The quantitative estimate of drug-likeness (QED) is 0.557. The van der Waals surface area contributed by atoms with Gasteiger partial charge in [0.1, 0.15) is 0 Å². The number of hydrogen-bond donors (Lipinski definition) is 1. The zero-order chi connectivity index (χ0) is 11.1. The van der Waals surface area contributed by atoms with E-state index in [-0.39, 0.29) is 0 Å². The van der Waals surface area contributed by atoms with Crippen LogP contribution in [0.2, 0.25) is 0 Å². The van der Waals surface area contributed by atoms with Crippen molar-refractivity contribution in [2.75, 3.05) is 19.8 Å². The molecule has 1 saturated heterocycles. The lowest BCUT2D eigenvalue weighted by Crippen LogP contribution is -2.23. The highest BCUT2D eigenvalue weighted by Gasteiger charge is 2.14. The Morgan fingerprint density at radius 3 is 2.67 bits per heavy atom. The largest absolute Gasteiger partial charge is 0.381 e. The van der Waals surface area contributed by atoms with Crippen LogP contribution in [0, 0.1) is 5.92 Å². The van der Waals surface area contributed by atoms with Gasteiger partial charge in [-0.05, 0) is 38.6 Å². The SMILES string of the molecule is CC(=CCCNC(C)C)C1CCOCC1. The van der Waals surface area contributed by atoms with Gasteiger partial charge in [0.15, 0.2) is 0 Å². The first-order chi connectivity index (χ1) is 7.20. The molecule has 1 fully saturated rings. The average Bonchev–Trinajstić information content (AvgIpc) is 2.25. The first kappa shape index (κ1) is 12.7. The molecule has 1 heterocycles. The van der Waals surface area contributed by atoms with Crippen LogP contribution in [0.3, 0.4) is 0 Å². The highest BCUT2D eigenvalue weighted by atomic mass is 16.5. The summed E-state index contributed by atoms with van der Waals surface area (Å²) in [4.78, 5) is 0. The maximum Gasteiger partial charge on any atom is 0.0471 e. The van der Waals surface area contributed by atoms with Crippen molar-refractivity contribution >= 4 is 0 Å². The van der Waals surface area contributed by atoms with Gasteiger partial charge in [-0.25, -0.2) is 0 Å². The van der Waals surface area contributed by atoms with E-state index in [1.165, 1.54) is 12.8 Å². The van der Waals surface area contributed by atoms with Gasteiger partial charge in [0.2, 0.25) is 0 Å². The third-order valence-electron chi connectivity index (χ3n) is 3.03. The second-order valence-corrected chi connectivity index (χ2v) is 4.73. The smallest absolute Gasteiger partial charge is 0.0471 e. The first-order valence-electron chi connectivity index (χ1n) is 6.18. The molecule has 0 aliphatic carbocycles. The summed E-state index contributed by atoms with van der Waals surface area (Å²) in [7, 11) is 0. The molecule has 0 aromatic carbocycles. The lowest BCUT2D eigenvalue weighted by Gasteiger charge is -2.22. The van der Waals surface area contributed by atoms with Crippen molar-refractivity contribution in [2.24, 2.45) is 5.92 Å². The van der Waals surface area contributed by atoms with Crippen molar-refractivity contribution in [3.63, 3.8) is 0 Å². The lowest BCUT2D eigenvalue weighted by molar-refractivity contribution is 0.0757. The average molecular weight is 211 g/mol. The number of rotatable bonds is 5. The Bertz CT molecular complexity index is 193. The van der Waals surface area contributed by atoms with Crippen LogP contribution in [0.4, 0.5) is 0 Å². The molecule has 1 N–H and O–H groups in total. The Hall–Kier alpha value is -0.340. The highest BCUT2D eigenvalue weighted by molar-refractivity contribution is 5.04. The van der Waals surface area contributed by atoms with E-state index in [1.54, 1.807) is 5.57 Å². The van der Waals surface area contributed by atoms with Gasteiger partial charge in [-0.1, -0.05) is 25.5 Å². The number of nitrogens with one attached hydrogen (secondary N) is 1. The van der Waals surface area contributed by atoms with E-state index in [1.807, 2.05) is 0 Å². The molecule has 88 valence electrons. The second-order valence-electron chi connectivity index (χ2n) is 4.73. The Morgan fingerprint density at radius 2 is 2.07 bits per heavy atom. The van der Waals surface area contributed by atoms with Crippen LogP contribution >= 0.6 is 0 Å². The summed E-state index contributed by atoms with van der Waals surface area (Å²) in [6.07, 6.45) is 5.96. The molecule has 0 aromatic heterocycles. The summed E-state index contributed by atoms with van der Waals surface area (Å²) in [5.41, 5.74) is 1.56. The number of ether oxygens (including phenoxy) is 1. The van der Waals surface area contributed by atoms with Gasteiger partial charge in [0.25, 0.3) is 0 Å². The molecular weight excluding hydrogens is 186 g/mol. The molecule has 0 atom stereocenters. The standard InChI is InChI=1S/C13H25NO/c1-11(2)14-8-4-5-12(3)13-6-9-15-10-7-13/h5,11,13-14H,4,6-10H2,1-3H3. The summed E-state index contributed by atoms with van der Waals surface area (Å²) >= 11 is 0. The minimum absolute atomic E-state index is 0.599. The molecule has 0 radical (unpaired) electrons. The van der Waals surface area contributed by atoms with Crippen molar-refractivity contribution in [1.82, 2.24) is 5.32 Å². The van der Waals surface area contributed by atoms with Gasteiger partial charge in [-0.2, -0.15) is 0 Å². The fourth-order valence-electron chi connectivity index (χ4n) is 1.99. The van der Waals surface area contributed by atoms with Crippen LogP contribution in [0.25, 0.3) is 0 Å². The maximum atomic E-state index is 5.37. The van der Waals surface area contributed by atoms with Gasteiger partial charge >= 0.3 is 0 Å². The Kier molecular flexibility index (Phi) is 5.96. The van der Waals surface area contributed by atoms with Gasteiger partial charge in [0.05, 0.1) is 0 Å². The minimum atomic E-state index is 0.599. The molecule has 0 unspecified atom stereocenters. The number of allylic oxidation sites excluding steroid dienone is 1. The fourth-order valence-corrected chi connectivity index (χ4v) is 1.99. The molecule has 1 rings (SSSR count). The van der Waals surface area contributed by atoms with Crippen molar-refractivity contribution in [1.29, 1.82) is 0 Å². The van der Waals surface area contributed by atoms with Crippen molar-refractivity contribution in [3.05, 3.63) is 11.6 Å². The molecule has 1 aliphatic heterocycles. The van der Waals surface area contributed by atoms with Crippen LogP contribution in [0.5, 0.6) is 0 Å². The third kappa shape index (κ3) is 5.33. The summed E-state index contributed by atoms with van der Waals surface area (Å²) in [6.45, 7) is 9.63. The van der Waals surface area contributed by atoms with Crippen molar-refractivity contribution in [3.8, 4) is 0 Å². The summed E-state index contributed by atoms with van der Waals surface area (Å²) in [5.74, 6) is 0.776. The first-order valence-corrected chi connectivity index (χ1v) is 6.18. The summed E-state index contributed by atoms with van der Waals surface area (Å²) in [5, 5.41) is 3.43. The van der Waals surface area contributed by atoms with Crippen LogP contribution in [0.15, 0.2) is 11.6 Å². The van der Waals surface area contributed by atoms with Gasteiger partial charge in [-0.15, -0.1) is 0 Å². The van der Waals surface area contributed by atoms with Crippen LogP contribution < -0.4 is 5.32 Å². The molecule has 2 heteroatoms. The Labute approximate surface area is 94.1 Å². The summed E-state index contributed by atoms with van der Waals surface area (Å²) in [6, 6.07) is 0.599. The van der Waals surface area contributed by atoms with E-state index in [0.29, 0.717) is 6.04 Å². The molecule has 15 heavy (non-hydrogen) atoms. The molecule has 1 aliphatic rings. The number of hydrogen-bond acceptors (Lipinski definition) is 2. The lowest BCUT2D eigenvalue weighted by atomic mass is 9.92. The van der Waals surface area contributed by atoms with Crippen molar-refractivity contribution in [2.45, 2.75) is 46.1 Å². The van der Waals surface area contributed by atoms with Gasteiger partial charge in [0, 0.05) is 19.3 Å². The third-order valence-corrected chi connectivity index (χ3v) is 3.03. The minimum Gasteiger partial charge on any atom is -0.381 e. The van der Waals surface area contributed by atoms with Gasteiger partial charge in [-0.3, -0.25) is 0 Å². The van der Waals surface area contributed by atoms with E-state index in [9.17, 15) is 0 Å². The molecule has 0 spiro atoms. The maximum absolute atomic E-state index is 5.37. The molecule has 2 nitrogen and oxygen atoms in total. The molecule has 0 aromatic rings.